The quantitative estimate of drug-likeness (QED) is 0.739. The highest BCUT2D eigenvalue weighted by Gasteiger charge is 2.35. The van der Waals surface area contributed by atoms with E-state index in [9.17, 15) is 14.4 Å². The summed E-state index contributed by atoms with van der Waals surface area (Å²) in [5.41, 5.74) is 0. The molecule has 0 radical (unpaired) electrons. The van der Waals surface area contributed by atoms with E-state index in [1.54, 1.807) is 4.90 Å². The zero-order valence-electron chi connectivity index (χ0n) is 11.9. The van der Waals surface area contributed by atoms with Crippen LogP contribution in [-0.2, 0) is 19.1 Å². The van der Waals surface area contributed by atoms with Crippen molar-refractivity contribution in [1.82, 2.24) is 10.2 Å². The lowest BCUT2D eigenvalue weighted by molar-refractivity contribution is -0.139. The van der Waals surface area contributed by atoms with Crippen LogP contribution in [0.1, 0.15) is 20.8 Å². The summed E-state index contributed by atoms with van der Waals surface area (Å²) in [5, 5.41) is 11.6. The van der Waals surface area contributed by atoms with E-state index >= 15 is 0 Å². The Hall–Kier alpha value is -2.05. The van der Waals surface area contributed by atoms with Crippen LogP contribution in [0.2, 0.25) is 0 Å². The average Bonchev–Trinajstić information content (AvgIpc) is 2.39. The first-order chi connectivity index (χ1) is 9.40. The first-order valence-corrected chi connectivity index (χ1v) is 6.54. The molecule has 112 valence electrons. The first-order valence-electron chi connectivity index (χ1n) is 6.54. The second kappa shape index (κ2) is 6.93. The summed E-state index contributed by atoms with van der Waals surface area (Å²) >= 11 is 0. The SMILES string of the molecule is CCN(CC)C(=O)C1C=C(C(=O)O)OCC1NC(C)=O. The molecule has 1 rings (SSSR count). The van der Waals surface area contributed by atoms with Crippen LogP contribution in [0.15, 0.2) is 11.8 Å². The van der Waals surface area contributed by atoms with E-state index in [4.69, 9.17) is 9.84 Å². The van der Waals surface area contributed by atoms with Gasteiger partial charge >= 0.3 is 5.97 Å². The molecule has 0 saturated heterocycles. The van der Waals surface area contributed by atoms with Crippen LogP contribution in [0.3, 0.4) is 0 Å². The van der Waals surface area contributed by atoms with Gasteiger partial charge in [-0.05, 0) is 19.9 Å². The van der Waals surface area contributed by atoms with E-state index in [-0.39, 0.29) is 24.2 Å². The van der Waals surface area contributed by atoms with E-state index in [0.717, 1.165) is 0 Å². The molecule has 2 atom stereocenters. The van der Waals surface area contributed by atoms with Gasteiger partial charge in [0.25, 0.3) is 0 Å². The molecular formula is C13H20N2O5. The molecule has 1 aliphatic heterocycles. The summed E-state index contributed by atoms with van der Waals surface area (Å²) in [7, 11) is 0. The minimum atomic E-state index is -1.22. The number of hydrogen-bond acceptors (Lipinski definition) is 4. The third-order valence-electron chi connectivity index (χ3n) is 3.14. The van der Waals surface area contributed by atoms with E-state index in [2.05, 4.69) is 5.32 Å². The highest BCUT2D eigenvalue weighted by atomic mass is 16.5. The zero-order valence-corrected chi connectivity index (χ0v) is 11.9. The number of carbonyl (C=O) groups is 3. The van der Waals surface area contributed by atoms with Crippen LogP contribution in [0, 0.1) is 5.92 Å². The number of aliphatic carboxylic acids is 1. The van der Waals surface area contributed by atoms with E-state index in [1.165, 1.54) is 13.0 Å². The van der Waals surface area contributed by atoms with Gasteiger partial charge in [-0.25, -0.2) is 4.79 Å². The Morgan fingerprint density at radius 3 is 2.45 bits per heavy atom. The third kappa shape index (κ3) is 3.72. The van der Waals surface area contributed by atoms with Gasteiger partial charge in [0.1, 0.15) is 6.61 Å². The van der Waals surface area contributed by atoms with Gasteiger partial charge in [-0.15, -0.1) is 0 Å². The fraction of sp³-hybridized carbons (Fsp3) is 0.615. The van der Waals surface area contributed by atoms with Gasteiger partial charge in [0.2, 0.25) is 17.6 Å². The Labute approximate surface area is 117 Å². The molecule has 2 unspecified atom stereocenters. The van der Waals surface area contributed by atoms with Crippen LogP contribution in [-0.4, -0.2) is 53.5 Å². The maximum absolute atomic E-state index is 12.4. The molecule has 7 heteroatoms. The fourth-order valence-electron chi connectivity index (χ4n) is 2.13. The number of ether oxygens (including phenoxy) is 1. The molecule has 0 fully saturated rings. The summed E-state index contributed by atoms with van der Waals surface area (Å²) in [5.74, 6) is -2.70. The van der Waals surface area contributed by atoms with Gasteiger partial charge in [-0.1, -0.05) is 0 Å². The number of rotatable bonds is 5. The lowest BCUT2D eigenvalue weighted by Gasteiger charge is -2.32. The van der Waals surface area contributed by atoms with Crippen molar-refractivity contribution in [1.29, 1.82) is 0 Å². The largest absolute Gasteiger partial charge is 0.485 e. The summed E-state index contributed by atoms with van der Waals surface area (Å²) in [4.78, 5) is 36.1. The van der Waals surface area contributed by atoms with Gasteiger partial charge in [0.05, 0.1) is 12.0 Å². The number of amides is 2. The van der Waals surface area contributed by atoms with E-state index in [0.29, 0.717) is 13.1 Å². The van der Waals surface area contributed by atoms with Gasteiger partial charge in [-0.2, -0.15) is 0 Å². The summed E-state index contributed by atoms with van der Waals surface area (Å²) < 4.78 is 5.06. The molecule has 2 N–H and O–H groups in total. The van der Waals surface area contributed by atoms with Crippen molar-refractivity contribution >= 4 is 17.8 Å². The van der Waals surface area contributed by atoms with Gasteiger partial charge in [-0.3, -0.25) is 9.59 Å². The van der Waals surface area contributed by atoms with Crippen molar-refractivity contribution in [3.63, 3.8) is 0 Å². The Morgan fingerprint density at radius 2 is 2.00 bits per heavy atom. The van der Waals surface area contributed by atoms with Crippen molar-refractivity contribution in [3.8, 4) is 0 Å². The number of carbonyl (C=O) groups excluding carboxylic acids is 2. The molecule has 7 nitrogen and oxygen atoms in total. The molecule has 2 amide bonds. The van der Waals surface area contributed by atoms with Gasteiger partial charge in [0, 0.05) is 20.0 Å². The molecular weight excluding hydrogens is 264 g/mol. The van der Waals surface area contributed by atoms with Gasteiger partial charge < -0.3 is 20.1 Å². The van der Waals surface area contributed by atoms with Crippen molar-refractivity contribution in [2.24, 2.45) is 5.92 Å². The van der Waals surface area contributed by atoms with Crippen LogP contribution < -0.4 is 5.32 Å². The zero-order chi connectivity index (χ0) is 15.3. The molecule has 1 aliphatic rings. The molecule has 0 aromatic rings. The Kier molecular flexibility index (Phi) is 5.54. The number of nitrogens with zero attached hydrogens (tertiary/aromatic N) is 1. The van der Waals surface area contributed by atoms with Crippen molar-refractivity contribution in [3.05, 3.63) is 11.8 Å². The fourth-order valence-corrected chi connectivity index (χ4v) is 2.13. The maximum Gasteiger partial charge on any atom is 0.370 e. The van der Waals surface area contributed by atoms with E-state index < -0.39 is 17.9 Å². The van der Waals surface area contributed by atoms with Crippen LogP contribution in [0.25, 0.3) is 0 Å². The first kappa shape index (κ1) is 16.0. The highest BCUT2D eigenvalue weighted by Crippen LogP contribution is 2.20. The smallest absolute Gasteiger partial charge is 0.370 e. The molecule has 20 heavy (non-hydrogen) atoms. The molecule has 0 aromatic heterocycles. The van der Waals surface area contributed by atoms with Crippen LogP contribution >= 0.6 is 0 Å². The maximum atomic E-state index is 12.4. The predicted octanol–water partition coefficient (Wildman–Crippen LogP) is -0.0256. The Balaban J connectivity index is 3.02. The Morgan fingerprint density at radius 1 is 1.40 bits per heavy atom. The Bertz CT molecular complexity index is 428. The monoisotopic (exact) mass is 284 g/mol. The van der Waals surface area contributed by atoms with Crippen molar-refractivity contribution < 1.29 is 24.2 Å². The van der Waals surface area contributed by atoms with Crippen LogP contribution in [0.4, 0.5) is 0 Å². The molecule has 0 bridgehead atoms. The molecule has 0 aliphatic carbocycles. The number of hydrogen-bond donors (Lipinski definition) is 2. The second-order valence-corrected chi connectivity index (χ2v) is 4.49. The summed E-state index contributed by atoms with van der Waals surface area (Å²) in [6, 6.07) is -0.552. The molecule has 0 saturated carbocycles. The second-order valence-electron chi connectivity index (χ2n) is 4.49. The normalized spacial score (nSPS) is 21.4. The van der Waals surface area contributed by atoms with Gasteiger partial charge in [0.15, 0.2) is 0 Å². The van der Waals surface area contributed by atoms with Crippen LogP contribution in [0.5, 0.6) is 0 Å². The lowest BCUT2D eigenvalue weighted by Crippen LogP contribution is -2.51. The molecule has 0 aromatic carbocycles. The third-order valence-corrected chi connectivity index (χ3v) is 3.14. The van der Waals surface area contributed by atoms with Crippen molar-refractivity contribution in [2.45, 2.75) is 26.8 Å². The summed E-state index contributed by atoms with van der Waals surface area (Å²) in [6.07, 6.45) is 1.27. The number of carboxylic acids is 1. The summed E-state index contributed by atoms with van der Waals surface area (Å²) in [6.45, 7) is 6.04. The average molecular weight is 284 g/mol. The topological polar surface area (TPSA) is 95.9 Å². The standard InChI is InChI=1S/C13H20N2O5/c1-4-15(5-2)12(17)9-6-11(13(18)19)20-7-10(9)14-8(3)16/h6,9-10H,4-5,7H2,1-3H3,(H,14,16)(H,18,19). The van der Waals surface area contributed by atoms with E-state index in [1.807, 2.05) is 13.8 Å². The number of carboxylic acid groups (broad SMARTS) is 1. The highest BCUT2D eigenvalue weighted by molar-refractivity contribution is 5.88. The number of nitrogens with one attached hydrogen (secondary N) is 1. The predicted molar refractivity (Wildman–Crippen MR) is 70.7 cm³/mol. The minimum absolute atomic E-state index is 0.0324. The van der Waals surface area contributed by atoms with Crippen molar-refractivity contribution in [2.75, 3.05) is 19.7 Å². The lowest BCUT2D eigenvalue weighted by atomic mass is 9.95. The minimum Gasteiger partial charge on any atom is -0.485 e. The molecule has 1 heterocycles. The molecule has 0 spiro atoms.